The molecule has 0 radical (unpaired) electrons. The van der Waals surface area contributed by atoms with E-state index in [1.54, 1.807) is 0 Å². The van der Waals surface area contributed by atoms with Crippen LogP contribution in [0.2, 0.25) is 0 Å². The zero-order valence-electron chi connectivity index (χ0n) is 8.42. The van der Waals surface area contributed by atoms with Gasteiger partial charge in [-0.05, 0) is 0 Å². The molecule has 0 aliphatic heterocycles. The summed E-state index contributed by atoms with van der Waals surface area (Å²) in [4.78, 5) is 26.9. The Morgan fingerprint density at radius 1 is 0.833 bits per heavy atom. The number of phenolic OH excluding ortho intramolecular Hbond substituents is 2. The van der Waals surface area contributed by atoms with Crippen molar-refractivity contribution in [3.8, 4) is 11.5 Å². The molecule has 0 atom stereocenters. The fourth-order valence-electron chi connectivity index (χ4n) is 1.31. The maximum atomic E-state index is 10.7. The van der Waals surface area contributed by atoms with Crippen LogP contribution in [0, 0.1) is 30.3 Å². The van der Waals surface area contributed by atoms with Gasteiger partial charge in [0.2, 0.25) is 0 Å². The lowest BCUT2D eigenvalue weighted by molar-refractivity contribution is -0.986. The predicted octanol–water partition coefficient (Wildman–Crippen LogP) is 0.0382. The summed E-state index contributed by atoms with van der Waals surface area (Å²) in [6.45, 7) is 0. The van der Waals surface area contributed by atoms with Crippen molar-refractivity contribution in [1.82, 2.24) is 0 Å². The second kappa shape index (κ2) is 4.12. The molecule has 0 bridgehead atoms. The van der Waals surface area contributed by atoms with Crippen LogP contribution < -0.4 is 0 Å². The Kier molecular flexibility index (Phi) is 2.99. The van der Waals surface area contributed by atoms with Crippen LogP contribution in [0.4, 0.5) is 0 Å². The first kappa shape index (κ1) is 13.1. The Bertz CT molecular complexity index is 485. The quantitative estimate of drug-likeness (QED) is 0.433. The van der Waals surface area contributed by atoms with E-state index in [0.717, 1.165) is 0 Å². The molecular formula is C7H5N3O8. The fourth-order valence-corrected chi connectivity index (χ4v) is 1.31. The van der Waals surface area contributed by atoms with E-state index in [0.29, 0.717) is 18.2 Å². The first-order valence-electron chi connectivity index (χ1n) is 4.20. The van der Waals surface area contributed by atoms with Gasteiger partial charge in [-0.2, -0.15) is 0 Å². The van der Waals surface area contributed by atoms with E-state index in [-0.39, 0.29) is 0 Å². The summed E-state index contributed by atoms with van der Waals surface area (Å²) in [5.74, 6) is -5.43. The highest BCUT2D eigenvalue weighted by atomic mass is 16.7. The van der Waals surface area contributed by atoms with Crippen molar-refractivity contribution in [2.24, 2.45) is 0 Å². The summed E-state index contributed by atoms with van der Waals surface area (Å²) < 4.78 is 0. The van der Waals surface area contributed by atoms with Crippen LogP contribution in [0.1, 0.15) is 5.56 Å². The van der Waals surface area contributed by atoms with Gasteiger partial charge in [-0.3, -0.25) is 30.3 Å². The number of nitrogens with zero attached hydrogens (tertiary/aromatic N) is 3. The van der Waals surface area contributed by atoms with Crippen molar-refractivity contribution in [3.05, 3.63) is 54.1 Å². The van der Waals surface area contributed by atoms with Gasteiger partial charge in [0.1, 0.15) is 11.5 Å². The van der Waals surface area contributed by atoms with Crippen LogP contribution in [-0.2, 0) is 5.79 Å². The molecule has 0 saturated heterocycles. The van der Waals surface area contributed by atoms with Gasteiger partial charge < -0.3 is 10.2 Å². The Hall–Kier alpha value is -2.98. The molecule has 0 aromatic heterocycles. The summed E-state index contributed by atoms with van der Waals surface area (Å²) in [5, 5.41) is 50.2. The molecule has 0 aliphatic rings. The third-order valence-electron chi connectivity index (χ3n) is 2.05. The minimum absolute atomic E-state index is 0.466. The molecule has 0 heterocycles. The number of rotatable bonds is 4. The van der Waals surface area contributed by atoms with Crippen LogP contribution in [0.25, 0.3) is 0 Å². The van der Waals surface area contributed by atoms with Crippen molar-refractivity contribution in [2.45, 2.75) is 5.79 Å². The highest BCUT2D eigenvalue weighted by molar-refractivity contribution is 5.37. The fraction of sp³-hybridized carbons (Fsp3) is 0.143. The first-order chi connectivity index (χ1) is 8.22. The van der Waals surface area contributed by atoms with E-state index >= 15 is 0 Å². The molecule has 0 spiro atoms. The number of benzene rings is 1. The van der Waals surface area contributed by atoms with Gasteiger partial charge in [0, 0.05) is 18.2 Å². The van der Waals surface area contributed by atoms with Gasteiger partial charge in [0.05, 0.1) is 0 Å². The maximum Gasteiger partial charge on any atom is 0.728 e. The lowest BCUT2D eigenvalue weighted by atomic mass is 10.1. The topological polar surface area (TPSA) is 170 Å². The van der Waals surface area contributed by atoms with Gasteiger partial charge >= 0.3 is 5.79 Å². The molecule has 2 N–H and O–H groups in total. The van der Waals surface area contributed by atoms with E-state index in [9.17, 15) is 30.3 Å². The minimum atomic E-state index is -3.88. The molecule has 1 aromatic rings. The molecule has 18 heavy (non-hydrogen) atoms. The normalized spacial score (nSPS) is 10.9. The molecule has 1 aromatic carbocycles. The molecule has 0 fully saturated rings. The molecule has 11 nitrogen and oxygen atoms in total. The molecule has 96 valence electrons. The monoisotopic (exact) mass is 259 g/mol. The van der Waals surface area contributed by atoms with Gasteiger partial charge in [-0.1, -0.05) is 0 Å². The molecule has 0 aliphatic carbocycles. The SMILES string of the molecule is O=[N+]([O-])C(c1cc(O)cc(O)c1)([N+](=O)[O-])[N+](=O)[O-]. The van der Waals surface area contributed by atoms with E-state index in [1.807, 2.05) is 0 Å². The molecule has 1 rings (SSSR count). The average Bonchev–Trinajstić information content (AvgIpc) is 2.13. The van der Waals surface area contributed by atoms with Crippen LogP contribution in [0.3, 0.4) is 0 Å². The highest BCUT2D eigenvalue weighted by Gasteiger charge is 2.72. The van der Waals surface area contributed by atoms with Crippen LogP contribution in [0.5, 0.6) is 11.5 Å². The van der Waals surface area contributed by atoms with Crippen molar-refractivity contribution in [2.75, 3.05) is 0 Å². The summed E-state index contributed by atoms with van der Waals surface area (Å²) >= 11 is 0. The van der Waals surface area contributed by atoms with E-state index in [2.05, 4.69) is 0 Å². The van der Waals surface area contributed by atoms with Crippen LogP contribution >= 0.6 is 0 Å². The molecular weight excluding hydrogens is 254 g/mol. The molecule has 11 heteroatoms. The lowest BCUT2D eigenvalue weighted by Crippen LogP contribution is -2.50. The second-order valence-corrected chi connectivity index (χ2v) is 3.14. The number of aromatic hydroxyl groups is 2. The zero-order chi connectivity index (χ0) is 14.1. The summed E-state index contributed by atoms with van der Waals surface area (Å²) in [6.07, 6.45) is 0. The largest absolute Gasteiger partial charge is 0.728 e. The average molecular weight is 259 g/mol. The molecule has 0 unspecified atom stereocenters. The summed E-state index contributed by atoms with van der Waals surface area (Å²) in [5.41, 5.74) is -1.07. The standard InChI is InChI=1S/C7H5N3O8/c11-5-1-4(2-6(12)3-5)7(8(13)14,9(15)16)10(17)18/h1-3,11-12H. The zero-order valence-corrected chi connectivity index (χ0v) is 8.42. The maximum absolute atomic E-state index is 10.7. The van der Waals surface area contributed by atoms with Crippen molar-refractivity contribution < 1.29 is 25.0 Å². The Labute approximate surface area is 97.3 Å². The van der Waals surface area contributed by atoms with Crippen LogP contribution in [-0.4, -0.2) is 25.0 Å². The number of nitro groups is 3. The van der Waals surface area contributed by atoms with Crippen LogP contribution in [0.15, 0.2) is 18.2 Å². The third-order valence-corrected chi connectivity index (χ3v) is 2.05. The Morgan fingerprint density at radius 2 is 1.17 bits per heavy atom. The molecule has 0 saturated carbocycles. The Balaban J connectivity index is 3.67. The summed E-state index contributed by atoms with van der Waals surface area (Å²) in [7, 11) is 0. The second-order valence-electron chi connectivity index (χ2n) is 3.14. The van der Waals surface area contributed by atoms with Gasteiger partial charge in [0.25, 0.3) is 0 Å². The predicted molar refractivity (Wildman–Crippen MR) is 52.4 cm³/mol. The van der Waals surface area contributed by atoms with Crippen molar-refractivity contribution in [3.63, 3.8) is 0 Å². The van der Waals surface area contributed by atoms with Gasteiger partial charge in [0.15, 0.2) is 20.3 Å². The smallest absolute Gasteiger partial charge is 0.508 e. The third kappa shape index (κ3) is 1.73. The van der Waals surface area contributed by atoms with Crippen molar-refractivity contribution >= 4 is 0 Å². The van der Waals surface area contributed by atoms with E-state index in [4.69, 9.17) is 10.2 Å². The number of phenols is 2. The summed E-state index contributed by atoms with van der Waals surface area (Å²) in [6, 6.07) is 1.65. The molecule has 0 amide bonds. The minimum Gasteiger partial charge on any atom is -0.508 e. The van der Waals surface area contributed by atoms with E-state index < -0.39 is 37.6 Å². The lowest BCUT2D eigenvalue weighted by Gasteiger charge is -2.09. The van der Waals surface area contributed by atoms with Gasteiger partial charge in [-0.25, -0.2) is 0 Å². The highest BCUT2D eigenvalue weighted by Crippen LogP contribution is 2.32. The van der Waals surface area contributed by atoms with Gasteiger partial charge in [-0.15, -0.1) is 0 Å². The number of hydrogen-bond acceptors (Lipinski definition) is 8. The Morgan fingerprint density at radius 3 is 1.44 bits per heavy atom. The van der Waals surface area contributed by atoms with Crippen molar-refractivity contribution in [1.29, 1.82) is 0 Å². The first-order valence-corrected chi connectivity index (χ1v) is 4.20. The number of hydrogen-bond donors (Lipinski definition) is 2. The van der Waals surface area contributed by atoms with E-state index in [1.165, 1.54) is 0 Å².